The van der Waals surface area contributed by atoms with Gasteiger partial charge in [-0.05, 0) is 12.8 Å². The molecule has 0 aromatic heterocycles. The Morgan fingerprint density at radius 1 is 1.44 bits per heavy atom. The van der Waals surface area contributed by atoms with Gasteiger partial charge in [0.2, 0.25) is 0 Å². The minimum atomic E-state index is -0.767. The third-order valence-corrected chi connectivity index (χ3v) is 0.816. The van der Waals surface area contributed by atoms with Gasteiger partial charge in [0, 0.05) is 0 Å². The smallest absolute Gasteiger partial charge is 0.188 e. The van der Waals surface area contributed by atoms with E-state index >= 15 is 0 Å². The van der Waals surface area contributed by atoms with Gasteiger partial charge in [0.25, 0.3) is 0 Å². The fourth-order valence-corrected chi connectivity index (χ4v) is 0.278. The highest BCUT2D eigenvalue weighted by Gasteiger charge is 1.98. The first-order valence-corrected chi connectivity index (χ1v) is 3.27. The van der Waals surface area contributed by atoms with E-state index in [0.717, 1.165) is 6.42 Å². The topological polar surface area (TPSA) is 38.7 Å². The quantitative estimate of drug-likeness (QED) is 0.264. The van der Waals surface area contributed by atoms with Crippen LogP contribution in [-0.4, -0.2) is 18.0 Å². The molecule has 0 saturated carbocycles. The standard InChI is InChI=1S/C6H14O3/c1-3-5-8-9-6(7)4-2/h6-7H,3-5H2,1-2H3. The van der Waals surface area contributed by atoms with E-state index < -0.39 is 6.29 Å². The van der Waals surface area contributed by atoms with Crippen molar-refractivity contribution < 1.29 is 14.9 Å². The van der Waals surface area contributed by atoms with Crippen molar-refractivity contribution in [1.82, 2.24) is 0 Å². The second kappa shape index (κ2) is 6.01. The number of aliphatic hydroxyl groups is 1. The van der Waals surface area contributed by atoms with Crippen molar-refractivity contribution in [2.75, 3.05) is 6.61 Å². The molecule has 0 heterocycles. The third kappa shape index (κ3) is 5.76. The van der Waals surface area contributed by atoms with Crippen molar-refractivity contribution in [2.24, 2.45) is 0 Å². The lowest BCUT2D eigenvalue weighted by molar-refractivity contribution is -0.369. The maximum atomic E-state index is 8.74. The Hall–Kier alpha value is -0.120. The van der Waals surface area contributed by atoms with Crippen molar-refractivity contribution in [3.8, 4) is 0 Å². The average molecular weight is 134 g/mol. The number of hydrogen-bond acceptors (Lipinski definition) is 3. The molecule has 9 heavy (non-hydrogen) atoms. The van der Waals surface area contributed by atoms with Crippen LogP contribution >= 0.6 is 0 Å². The van der Waals surface area contributed by atoms with E-state index in [0.29, 0.717) is 13.0 Å². The van der Waals surface area contributed by atoms with Crippen molar-refractivity contribution in [3.63, 3.8) is 0 Å². The highest BCUT2D eigenvalue weighted by molar-refractivity contribution is 4.26. The second-order valence-corrected chi connectivity index (χ2v) is 1.78. The summed E-state index contributed by atoms with van der Waals surface area (Å²) in [6.07, 6.45) is 0.691. The molecule has 1 unspecified atom stereocenters. The lowest BCUT2D eigenvalue weighted by atomic mass is 10.5. The molecule has 0 aliphatic rings. The van der Waals surface area contributed by atoms with Crippen LogP contribution in [-0.2, 0) is 9.78 Å². The molecule has 56 valence electrons. The van der Waals surface area contributed by atoms with Crippen molar-refractivity contribution in [2.45, 2.75) is 33.0 Å². The zero-order chi connectivity index (χ0) is 7.11. The second-order valence-electron chi connectivity index (χ2n) is 1.78. The molecular formula is C6H14O3. The largest absolute Gasteiger partial charge is 0.366 e. The molecule has 0 aromatic carbocycles. The summed E-state index contributed by atoms with van der Waals surface area (Å²) in [5.74, 6) is 0. The predicted octanol–water partition coefficient (Wildman–Crippen LogP) is 1.07. The molecule has 3 heteroatoms. The van der Waals surface area contributed by atoms with Gasteiger partial charge in [-0.3, -0.25) is 0 Å². The van der Waals surface area contributed by atoms with E-state index in [4.69, 9.17) is 5.11 Å². The van der Waals surface area contributed by atoms with Crippen LogP contribution in [0.4, 0.5) is 0 Å². The maximum Gasteiger partial charge on any atom is 0.188 e. The zero-order valence-electron chi connectivity index (χ0n) is 5.96. The highest BCUT2D eigenvalue weighted by Crippen LogP contribution is 1.93. The Morgan fingerprint density at radius 2 is 2.11 bits per heavy atom. The minimum Gasteiger partial charge on any atom is -0.366 e. The summed E-state index contributed by atoms with van der Waals surface area (Å²) >= 11 is 0. The number of aliphatic hydroxyl groups excluding tert-OH is 1. The molecule has 3 nitrogen and oxygen atoms in total. The van der Waals surface area contributed by atoms with Gasteiger partial charge < -0.3 is 5.11 Å². The molecule has 0 radical (unpaired) electrons. The molecule has 0 aromatic rings. The molecule has 0 aliphatic carbocycles. The molecule has 1 atom stereocenters. The Labute approximate surface area is 55.5 Å². The van der Waals surface area contributed by atoms with Crippen molar-refractivity contribution >= 4 is 0 Å². The monoisotopic (exact) mass is 134 g/mol. The van der Waals surface area contributed by atoms with Gasteiger partial charge in [0.05, 0.1) is 6.61 Å². The van der Waals surface area contributed by atoms with E-state index in [1.165, 1.54) is 0 Å². The van der Waals surface area contributed by atoms with Crippen LogP contribution in [0.1, 0.15) is 26.7 Å². The van der Waals surface area contributed by atoms with Crippen LogP contribution in [0.2, 0.25) is 0 Å². The van der Waals surface area contributed by atoms with Gasteiger partial charge in [-0.15, -0.1) is 0 Å². The summed E-state index contributed by atoms with van der Waals surface area (Å²) in [5.41, 5.74) is 0. The predicted molar refractivity (Wildman–Crippen MR) is 33.6 cm³/mol. The Bertz CT molecular complexity index is 56.3. The fourth-order valence-electron chi connectivity index (χ4n) is 0.278. The molecule has 0 fully saturated rings. The van der Waals surface area contributed by atoms with Crippen molar-refractivity contribution in [3.05, 3.63) is 0 Å². The van der Waals surface area contributed by atoms with E-state index in [2.05, 4.69) is 9.78 Å². The third-order valence-electron chi connectivity index (χ3n) is 0.816. The summed E-state index contributed by atoms with van der Waals surface area (Å²) in [6.45, 7) is 4.33. The van der Waals surface area contributed by atoms with E-state index in [9.17, 15) is 0 Å². The van der Waals surface area contributed by atoms with Crippen LogP contribution in [0, 0.1) is 0 Å². The van der Waals surface area contributed by atoms with E-state index in [-0.39, 0.29) is 0 Å². The van der Waals surface area contributed by atoms with Crippen LogP contribution < -0.4 is 0 Å². The molecule has 0 saturated heterocycles. The van der Waals surface area contributed by atoms with Crippen LogP contribution in [0.3, 0.4) is 0 Å². The van der Waals surface area contributed by atoms with E-state index in [1.807, 2.05) is 13.8 Å². The first-order chi connectivity index (χ1) is 4.31. The Balaban J connectivity index is 2.88. The zero-order valence-corrected chi connectivity index (χ0v) is 5.96. The van der Waals surface area contributed by atoms with Gasteiger partial charge in [0.15, 0.2) is 6.29 Å². The van der Waals surface area contributed by atoms with Gasteiger partial charge in [-0.2, -0.15) is 0 Å². The first kappa shape index (κ1) is 8.88. The normalized spacial score (nSPS) is 13.7. The fraction of sp³-hybridized carbons (Fsp3) is 1.00. The lowest BCUT2D eigenvalue weighted by Crippen LogP contribution is -2.10. The number of hydrogen-bond donors (Lipinski definition) is 1. The molecule has 0 aliphatic heterocycles. The first-order valence-electron chi connectivity index (χ1n) is 3.27. The summed E-state index contributed by atoms with van der Waals surface area (Å²) in [4.78, 5) is 9.07. The molecule has 0 bridgehead atoms. The van der Waals surface area contributed by atoms with Crippen LogP contribution in [0.15, 0.2) is 0 Å². The van der Waals surface area contributed by atoms with Gasteiger partial charge in [0.1, 0.15) is 0 Å². The van der Waals surface area contributed by atoms with Crippen LogP contribution in [0.5, 0.6) is 0 Å². The Kier molecular flexibility index (Phi) is 5.93. The molecular weight excluding hydrogens is 120 g/mol. The van der Waals surface area contributed by atoms with Gasteiger partial charge in [-0.1, -0.05) is 13.8 Å². The summed E-state index contributed by atoms with van der Waals surface area (Å²) in [7, 11) is 0. The molecule has 0 amide bonds. The summed E-state index contributed by atoms with van der Waals surface area (Å²) < 4.78 is 0. The minimum absolute atomic E-state index is 0.539. The van der Waals surface area contributed by atoms with Gasteiger partial charge in [-0.25, -0.2) is 9.78 Å². The van der Waals surface area contributed by atoms with Crippen LogP contribution in [0.25, 0.3) is 0 Å². The highest BCUT2D eigenvalue weighted by atomic mass is 17.2. The summed E-state index contributed by atoms with van der Waals surface area (Å²) in [5, 5.41) is 8.74. The lowest BCUT2D eigenvalue weighted by Gasteiger charge is -2.06. The molecule has 0 spiro atoms. The average Bonchev–Trinajstić information content (AvgIpc) is 1.89. The summed E-state index contributed by atoms with van der Waals surface area (Å²) in [6, 6.07) is 0. The maximum absolute atomic E-state index is 8.74. The van der Waals surface area contributed by atoms with Gasteiger partial charge >= 0.3 is 0 Å². The van der Waals surface area contributed by atoms with E-state index in [1.54, 1.807) is 0 Å². The number of rotatable bonds is 5. The molecule has 0 rings (SSSR count). The van der Waals surface area contributed by atoms with Crippen molar-refractivity contribution in [1.29, 1.82) is 0 Å². The SMILES string of the molecule is CCCOOC(O)CC. The molecule has 1 N–H and O–H groups in total. The Morgan fingerprint density at radius 3 is 2.56 bits per heavy atom.